The predicted octanol–water partition coefficient (Wildman–Crippen LogP) is 4.41. The second-order valence-electron chi connectivity index (χ2n) is 10.6. The van der Waals surface area contributed by atoms with Gasteiger partial charge in [-0.2, -0.15) is 0 Å². The van der Waals surface area contributed by atoms with Crippen LogP contribution in [0.1, 0.15) is 85.5 Å². The highest BCUT2D eigenvalue weighted by atomic mass is 32.2. The standard InChI is InChI=1S/C24H42N4O3S/c1-23(2,3)31-22(30)28-17-15-27(16-18-28)14-10-9-13-24(4)20(29)26-21(32-24)25-19-11-7-5-6-8-12-19/h19H,5-18H2,1-4H3,(H,25,26,29). The van der Waals surface area contributed by atoms with Crippen molar-refractivity contribution in [1.29, 1.82) is 0 Å². The molecule has 1 unspecified atom stereocenters. The van der Waals surface area contributed by atoms with E-state index in [1.165, 1.54) is 25.7 Å². The van der Waals surface area contributed by atoms with E-state index in [2.05, 4.69) is 17.1 Å². The van der Waals surface area contributed by atoms with Crippen molar-refractivity contribution in [3.05, 3.63) is 0 Å². The van der Waals surface area contributed by atoms with Gasteiger partial charge in [0.2, 0.25) is 5.91 Å². The first-order valence-electron chi connectivity index (χ1n) is 12.4. The zero-order chi connectivity index (χ0) is 23.2. The second kappa shape index (κ2) is 11.2. The Kier molecular flexibility index (Phi) is 8.90. The van der Waals surface area contributed by atoms with Crippen molar-refractivity contribution in [3.63, 3.8) is 0 Å². The fourth-order valence-corrected chi connectivity index (χ4v) is 5.73. The number of aliphatic imine (C=N–C) groups is 1. The van der Waals surface area contributed by atoms with Crippen LogP contribution < -0.4 is 5.32 Å². The summed E-state index contributed by atoms with van der Waals surface area (Å²) in [5, 5.41) is 3.88. The Balaban J connectivity index is 1.35. The minimum absolute atomic E-state index is 0.112. The molecule has 8 heteroatoms. The molecule has 0 aromatic heterocycles. The van der Waals surface area contributed by atoms with Crippen LogP contribution in [-0.4, -0.2) is 76.1 Å². The Morgan fingerprint density at radius 3 is 2.41 bits per heavy atom. The van der Waals surface area contributed by atoms with Crippen LogP contribution in [0.3, 0.4) is 0 Å². The molecule has 182 valence electrons. The summed E-state index contributed by atoms with van der Waals surface area (Å²) in [4.78, 5) is 33.9. The van der Waals surface area contributed by atoms with E-state index in [-0.39, 0.29) is 12.0 Å². The van der Waals surface area contributed by atoms with Crippen molar-refractivity contribution in [1.82, 2.24) is 15.1 Å². The Hall–Kier alpha value is -1.28. The van der Waals surface area contributed by atoms with Gasteiger partial charge in [0.25, 0.3) is 0 Å². The van der Waals surface area contributed by atoms with Crippen molar-refractivity contribution in [2.75, 3.05) is 32.7 Å². The van der Waals surface area contributed by atoms with Crippen molar-refractivity contribution in [2.45, 2.75) is 102 Å². The Labute approximate surface area is 198 Å². The molecule has 1 saturated carbocycles. The Bertz CT molecular complexity index is 677. The number of nitrogens with one attached hydrogen (secondary N) is 1. The van der Waals surface area contributed by atoms with Crippen molar-refractivity contribution >= 4 is 28.9 Å². The zero-order valence-corrected chi connectivity index (χ0v) is 21.3. The lowest BCUT2D eigenvalue weighted by Gasteiger charge is -2.35. The third kappa shape index (κ3) is 7.65. The lowest BCUT2D eigenvalue weighted by molar-refractivity contribution is -0.121. The maximum atomic E-state index is 12.6. The quantitative estimate of drug-likeness (QED) is 0.464. The van der Waals surface area contributed by atoms with E-state index in [0.717, 1.165) is 56.9 Å². The van der Waals surface area contributed by atoms with Crippen LogP contribution in [0.15, 0.2) is 4.99 Å². The van der Waals surface area contributed by atoms with Crippen LogP contribution in [-0.2, 0) is 9.53 Å². The number of unbranched alkanes of at least 4 members (excludes halogenated alkanes) is 1. The van der Waals surface area contributed by atoms with E-state index < -0.39 is 10.3 Å². The summed E-state index contributed by atoms with van der Waals surface area (Å²) in [6, 6.07) is 0.377. The maximum Gasteiger partial charge on any atom is 0.410 e. The smallest absolute Gasteiger partial charge is 0.410 e. The third-order valence-electron chi connectivity index (χ3n) is 6.55. The molecule has 2 aliphatic heterocycles. The third-order valence-corrected chi connectivity index (χ3v) is 7.79. The average molecular weight is 467 g/mol. The summed E-state index contributed by atoms with van der Waals surface area (Å²) >= 11 is 1.63. The molecule has 3 rings (SSSR count). The van der Waals surface area contributed by atoms with Gasteiger partial charge in [0.15, 0.2) is 5.17 Å². The van der Waals surface area contributed by atoms with Crippen LogP contribution in [0, 0.1) is 0 Å². The highest BCUT2D eigenvalue weighted by Crippen LogP contribution is 2.37. The first-order chi connectivity index (χ1) is 15.1. The molecule has 2 amide bonds. The summed E-state index contributed by atoms with van der Waals surface area (Å²) in [7, 11) is 0. The van der Waals surface area contributed by atoms with Crippen LogP contribution in [0.4, 0.5) is 4.79 Å². The highest BCUT2D eigenvalue weighted by Gasteiger charge is 2.42. The molecule has 1 atom stereocenters. The first kappa shape index (κ1) is 25.3. The predicted molar refractivity (Wildman–Crippen MR) is 131 cm³/mol. The van der Waals surface area contributed by atoms with Gasteiger partial charge in [-0.25, -0.2) is 4.79 Å². The number of amidine groups is 1. The van der Waals surface area contributed by atoms with E-state index in [0.29, 0.717) is 19.1 Å². The van der Waals surface area contributed by atoms with Crippen LogP contribution >= 0.6 is 11.8 Å². The van der Waals surface area contributed by atoms with E-state index in [4.69, 9.17) is 9.73 Å². The van der Waals surface area contributed by atoms with Crippen molar-refractivity contribution in [2.24, 2.45) is 4.99 Å². The van der Waals surface area contributed by atoms with Gasteiger partial charge >= 0.3 is 6.09 Å². The number of hydrogen-bond acceptors (Lipinski definition) is 6. The van der Waals surface area contributed by atoms with Gasteiger partial charge in [0.1, 0.15) is 5.60 Å². The lowest BCUT2D eigenvalue weighted by atomic mass is 10.0. The number of ether oxygens (including phenoxy) is 1. The van der Waals surface area contributed by atoms with Crippen molar-refractivity contribution in [3.8, 4) is 0 Å². The Morgan fingerprint density at radius 1 is 1.12 bits per heavy atom. The summed E-state index contributed by atoms with van der Waals surface area (Å²) in [5.41, 5.74) is -0.449. The molecular formula is C24H42N4O3S. The molecule has 2 saturated heterocycles. The molecule has 3 fully saturated rings. The van der Waals surface area contributed by atoms with E-state index in [1.807, 2.05) is 20.8 Å². The normalized spacial score (nSPS) is 27.4. The fraction of sp³-hybridized carbons (Fsp3) is 0.875. The monoisotopic (exact) mass is 466 g/mol. The van der Waals surface area contributed by atoms with Crippen molar-refractivity contribution < 1.29 is 14.3 Å². The van der Waals surface area contributed by atoms with Gasteiger partial charge in [0, 0.05) is 26.2 Å². The molecule has 2 heterocycles. The fourth-order valence-electron chi connectivity index (χ4n) is 4.57. The average Bonchev–Trinajstić information content (AvgIpc) is 2.87. The molecular weight excluding hydrogens is 424 g/mol. The number of amides is 2. The molecule has 3 aliphatic rings. The lowest BCUT2D eigenvalue weighted by Crippen LogP contribution is -2.50. The number of carbonyl (C=O) groups excluding carboxylic acids is 2. The number of rotatable bonds is 6. The van der Waals surface area contributed by atoms with Gasteiger partial charge < -0.3 is 15.0 Å². The van der Waals surface area contributed by atoms with E-state index in [9.17, 15) is 9.59 Å². The first-order valence-corrected chi connectivity index (χ1v) is 13.2. The van der Waals surface area contributed by atoms with Crippen LogP contribution in [0.2, 0.25) is 0 Å². The van der Waals surface area contributed by atoms with Gasteiger partial charge in [-0.3, -0.25) is 14.7 Å². The molecule has 7 nitrogen and oxygen atoms in total. The van der Waals surface area contributed by atoms with Crippen LogP contribution in [0.5, 0.6) is 0 Å². The van der Waals surface area contributed by atoms with E-state index in [1.54, 1.807) is 16.7 Å². The number of hydrogen-bond donors (Lipinski definition) is 1. The molecule has 0 bridgehead atoms. The molecule has 0 aromatic rings. The highest BCUT2D eigenvalue weighted by molar-refractivity contribution is 8.16. The SMILES string of the molecule is CC(C)(C)OC(=O)N1CCN(CCCCC2(C)SC(=NC3CCCCCC3)NC2=O)CC1. The van der Waals surface area contributed by atoms with Gasteiger partial charge in [-0.15, -0.1) is 0 Å². The van der Waals surface area contributed by atoms with Gasteiger partial charge in [-0.05, 0) is 59.9 Å². The number of nitrogens with zero attached hydrogens (tertiary/aromatic N) is 3. The summed E-state index contributed by atoms with van der Waals surface area (Å²) in [5.74, 6) is 0.112. The molecule has 0 spiro atoms. The number of carbonyl (C=O) groups is 2. The molecule has 1 N–H and O–H groups in total. The van der Waals surface area contributed by atoms with Gasteiger partial charge in [-0.1, -0.05) is 43.9 Å². The van der Waals surface area contributed by atoms with Gasteiger partial charge in [0.05, 0.1) is 10.8 Å². The summed E-state index contributed by atoms with van der Waals surface area (Å²) in [6.45, 7) is 11.9. The maximum absolute atomic E-state index is 12.6. The topological polar surface area (TPSA) is 74.2 Å². The summed E-state index contributed by atoms with van der Waals surface area (Å²) in [6.07, 6.45) is 10.2. The van der Waals surface area contributed by atoms with Crippen LogP contribution in [0.25, 0.3) is 0 Å². The largest absolute Gasteiger partial charge is 0.444 e. The summed E-state index contributed by atoms with van der Waals surface area (Å²) < 4.78 is 5.07. The minimum Gasteiger partial charge on any atom is -0.444 e. The molecule has 1 aliphatic carbocycles. The second-order valence-corrected chi connectivity index (χ2v) is 12.1. The minimum atomic E-state index is -0.449. The van der Waals surface area contributed by atoms with E-state index >= 15 is 0 Å². The Morgan fingerprint density at radius 2 is 1.78 bits per heavy atom. The molecule has 0 aromatic carbocycles. The zero-order valence-electron chi connectivity index (χ0n) is 20.5. The molecule has 32 heavy (non-hydrogen) atoms. The molecule has 0 radical (unpaired) electrons. The number of thioether (sulfide) groups is 1. The number of piperazine rings is 1.